The van der Waals surface area contributed by atoms with Crippen LogP contribution in [0.15, 0.2) is 4.99 Å². The number of ether oxygens (including phenoxy) is 1. The highest BCUT2D eigenvalue weighted by atomic mass is 32.2. The van der Waals surface area contributed by atoms with Crippen molar-refractivity contribution in [2.45, 2.75) is 32.1 Å². The van der Waals surface area contributed by atoms with E-state index in [2.05, 4.69) is 18.8 Å². The van der Waals surface area contributed by atoms with Crippen molar-refractivity contribution in [1.82, 2.24) is 4.90 Å². The Balaban J connectivity index is 3.61. The molecule has 0 heterocycles. The quantitative estimate of drug-likeness (QED) is 0.483. The molecule has 2 atom stereocenters. The zero-order valence-corrected chi connectivity index (χ0v) is 10.7. The lowest BCUT2D eigenvalue weighted by molar-refractivity contribution is 0.0780. The summed E-state index contributed by atoms with van der Waals surface area (Å²) in [6.07, 6.45) is 0.288. The normalized spacial score (nSPS) is 16.4. The zero-order valence-electron chi connectivity index (χ0n) is 9.86. The van der Waals surface area contributed by atoms with Crippen molar-refractivity contribution in [3.05, 3.63) is 0 Å². The van der Waals surface area contributed by atoms with E-state index in [-0.39, 0.29) is 6.10 Å². The molecule has 0 aliphatic heterocycles. The van der Waals surface area contributed by atoms with Gasteiger partial charge in [0.25, 0.3) is 0 Å². The lowest BCUT2D eigenvalue weighted by atomic mass is 10.3. The van der Waals surface area contributed by atoms with Crippen LogP contribution in [0.3, 0.4) is 0 Å². The van der Waals surface area contributed by atoms with Gasteiger partial charge in [0, 0.05) is 11.9 Å². The fourth-order valence-corrected chi connectivity index (χ4v) is 1.49. The number of hydrogen-bond acceptors (Lipinski definition) is 4. The van der Waals surface area contributed by atoms with Crippen LogP contribution in [0.1, 0.15) is 20.8 Å². The molecule has 0 saturated carbocycles. The standard InChI is InChI=1S/C10H22N2OS/c1-6-13-9(2)10(3)14-8-11-7-12(4)5/h8-10H,6-7H2,1-5H3/t9-,10?/m0/s1. The summed E-state index contributed by atoms with van der Waals surface area (Å²) in [4.78, 5) is 6.30. The topological polar surface area (TPSA) is 24.8 Å². The van der Waals surface area contributed by atoms with Crippen molar-refractivity contribution in [2.24, 2.45) is 4.99 Å². The highest BCUT2D eigenvalue weighted by molar-refractivity contribution is 8.12. The van der Waals surface area contributed by atoms with Crippen LogP contribution < -0.4 is 0 Å². The van der Waals surface area contributed by atoms with Gasteiger partial charge >= 0.3 is 0 Å². The van der Waals surface area contributed by atoms with Crippen LogP contribution in [0.4, 0.5) is 0 Å². The summed E-state index contributed by atoms with van der Waals surface area (Å²) in [5.41, 5.74) is 1.92. The third-order valence-electron chi connectivity index (χ3n) is 1.81. The second-order valence-electron chi connectivity index (χ2n) is 3.51. The van der Waals surface area contributed by atoms with E-state index < -0.39 is 0 Å². The van der Waals surface area contributed by atoms with Gasteiger partial charge in [-0.2, -0.15) is 0 Å². The summed E-state index contributed by atoms with van der Waals surface area (Å²) in [6, 6.07) is 0. The molecule has 84 valence electrons. The summed E-state index contributed by atoms with van der Waals surface area (Å²) in [5.74, 6) is 0. The summed E-state index contributed by atoms with van der Waals surface area (Å²) in [7, 11) is 4.02. The van der Waals surface area contributed by atoms with Crippen LogP contribution in [-0.2, 0) is 4.74 Å². The Morgan fingerprint density at radius 2 is 2.07 bits per heavy atom. The molecular formula is C10H22N2OS. The lowest BCUT2D eigenvalue weighted by Gasteiger charge is -2.17. The molecule has 0 aromatic rings. The molecule has 0 spiro atoms. The summed E-state index contributed by atoms with van der Waals surface area (Å²) < 4.78 is 5.49. The highest BCUT2D eigenvalue weighted by Crippen LogP contribution is 2.13. The van der Waals surface area contributed by atoms with Gasteiger partial charge in [0.05, 0.1) is 18.3 Å². The Morgan fingerprint density at radius 3 is 2.57 bits per heavy atom. The van der Waals surface area contributed by atoms with E-state index in [1.165, 1.54) is 0 Å². The maximum absolute atomic E-state index is 5.49. The van der Waals surface area contributed by atoms with Crippen LogP contribution in [0.2, 0.25) is 0 Å². The SMILES string of the molecule is CCO[C@@H](C)C(C)SC=NCN(C)C. The monoisotopic (exact) mass is 218 g/mol. The van der Waals surface area contributed by atoms with E-state index >= 15 is 0 Å². The molecule has 14 heavy (non-hydrogen) atoms. The lowest BCUT2D eigenvalue weighted by Crippen LogP contribution is -2.20. The molecule has 0 bridgehead atoms. The van der Waals surface area contributed by atoms with Crippen molar-refractivity contribution in [1.29, 1.82) is 0 Å². The number of nitrogens with zero attached hydrogens (tertiary/aromatic N) is 2. The molecule has 0 aliphatic rings. The molecule has 0 rings (SSSR count). The minimum Gasteiger partial charge on any atom is -0.378 e. The Hall–Kier alpha value is -0.0600. The molecular weight excluding hydrogens is 196 g/mol. The third-order valence-corrected chi connectivity index (χ3v) is 2.89. The van der Waals surface area contributed by atoms with Crippen LogP contribution in [0, 0.1) is 0 Å². The molecule has 0 amide bonds. The maximum Gasteiger partial charge on any atom is 0.0910 e. The van der Waals surface area contributed by atoms with Gasteiger partial charge in [-0.15, -0.1) is 11.8 Å². The molecule has 1 unspecified atom stereocenters. The minimum atomic E-state index is 0.288. The van der Waals surface area contributed by atoms with Crippen LogP contribution in [-0.4, -0.2) is 49.2 Å². The first-order valence-corrected chi connectivity index (χ1v) is 5.92. The molecule has 0 aliphatic carbocycles. The maximum atomic E-state index is 5.49. The van der Waals surface area contributed by atoms with Gasteiger partial charge < -0.3 is 4.74 Å². The first kappa shape index (κ1) is 13.9. The summed E-state index contributed by atoms with van der Waals surface area (Å²) in [6.45, 7) is 7.81. The molecule has 0 fully saturated rings. The zero-order chi connectivity index (χ0) is 11.0. The van der Waals surface area contributed by atoms with Gasteiger partial charge in [0.15, 0.2) is 0 Å². The molecule has 0 aromatic carbocycles. The predicted octanol–water partition coefficient (Wildman–Crippen LogP) is 2.08. The smallest absolute Gasteiger partial charge is 0.0910 e. The van der Waals surface area contributed by atoms with Gasteiger partial charge in [-0.05, 0) is 27.9 Å². The Kier molecular flexibility index (Phi) is 8.23. The molecule has 3 nitrogen and oxygen atoms in total. The van der Waals surface area contributed by atoms with Crippen molar-refractivity contribution >= 4 is 17.3 Å². The van der Waals surface area contributed by atoms with Crippen molar-refractivity contribution in [2.75, 3.05) is 27.4 Å². The van der Waals surface area contributed by atoms with E-state index in [1.54, 1.807) is 11.8 Å². The first-order chi connectivity index (χ1) is 6.57. The number of aliphatic imine (C=N–C) groups is 1. The fraction of sp³-hybridized carbons (Fsp3) is 0.900. The van der Waals surface area contributed by atoms with E-state index in [4.69, 9.17) is 4.74 Å². The number of rotatable bonds is 7. The summed E-state index contributed by atoms with van der Waals surface area (Å²) >= 11 is 1.72. The largest absolute Gasteiger partial charge is 0.378 e. The average Bonchev–Trinajstić information content (AvgIpc) is 2.12. The Morgan fingerprint density at radius 1 is 1.43 bits per heavy atom. The van der Waals surface area contributed by atoms with E-state index in [0.717, 1.165) is 13.3 Å². The molecule has 0 saturated heterocycles. The molecule has 0 radical (unpaired) electrons. The minimum absolute atomic E-state index is 0.288. The average molecular weight is 218 g/mol. The number of thioether (sulfide) groups is 1. The van der Waals surface area contributed by atoms with E-state index in [9.17, 15) is 0 Å². The molecule has 4 heteroatoms. The second kappa shape index (κ2) is 8.26. The van der Waals surface area contributed by atoms with Gasteiger partial charge in [0.2, 0.25) is 0 Å². The van der Waals surface area contributed by atoms with Gasteiger partial charge in [0.1, 0.15) is 0 Å². The van der Waals surface area contributed by atoms with Crippen molar-refractivity contribution < 1.29 is 4.74 Å². The predicted molar refractivity (Wildman–Crippen MR) is 65.2 cm³/mol. The Labute approximate surface area is 91.9 Å². The van der Waals surface area contributed by atoms with Crippen molar-refractivity contribution in [3.8, 4) is 0 Å². The van der Waals surface area contributed by atoms with Gasteiger partial charge in [-0.3, -0.25) is 9.89 Å². The highest BCUT2D eigenvalue weighted by Gasteiger charge is 2.10. The second-order valence-corrected chi connectivity index (χ2v) is 4.74. The third kappa shape index (κ3) is 7.35. The number of hydrogen-bond donors (Lipinski definition) is 0. The van der Waals surface area contributed by atoms with E-state index in [0.29, 0.717) is 5.25 Å². The summed E-state index contributed by atoms with van der Waals surface area (Å²) in [5, 5.41) is 0.459. The Bertz CT molecular complexity index is 162. The van der Waals surface area contributed by atoms with Crippen LogP contribution >= 0.6 is 11.8 Å². The van der Waals surface area contributed by atoms with Crippen LogP contribution in [0.25, 0.3) is 0 Å². The first-order valence-electron chi connectivity index (χ1n) is 4.98. The molecule has 0 aromatic heterocycles. The molecule has 0 N–H and O–H groups in total. The van der Waals surface area contributed by atoms with Crippen LogP contribution in [0.5, 0.6) is 0 Å². The van der Waals surface area contributed by atoms with Crippen molar-refractivity contribution in [3.63, 3.8) is 0 Å². The van der Waals surface area contributed by atoms with Gasteiger partial charge in [-0.25, -0.2) is 0 Å². The fourth-order valence-electron chi connectivity index (χ4n) is 0.845. The van der Waals surface area contributed by atoms with E-state index in [1.807, 2.05) is 31.5 Å². The van der Waals surface area contributed by atoms with Gasteiger partial charge in [-0.1, -0.05) is 6.92 Å².